The van der Waals surface area contributed by atoms with Gasteiger partial charge in [0.25, 0.3) is 6.43 Å². The topological polar surface area (TPSA) is 89.3 Å². The van der Waals surface area contributed by atoms with Crippen LogP contribution in [0, 0.1) is 17.8 Å². The van der Waals surface area contributed by atoms with E-state index in [4.69, 9.17) is 11.5 Å². The van der Waals surface area contributed by atoms with Gasteiger partial charge in [-0.3, -0.25) is 4.99 Å². The fourth-order valence-electron chi connectivity index (χ4n) is 4.51. The number of rotatable bonds is 7. The number of allylic oxidation sites excluding steroid dienone is 1. The third-order valence-corrected chi connectivity index (χ3v) is 5.76. The van der Waals surface area contributed by atoms with E-state index in [1.165, 1.54) is 6.20 Å². The zero-order chi connectivity index (χ0) is 22.2. The summed E-state index contributed by atoms with van der Waals surface area (Å²) in [5.74, 6) is -0.113. The molecule has 4 rings (SSSR count). The summed E-state index contributed by atoms with van der Waals surface area (Å²) in [6.45, 7) is 3.43. The quantitative estimate of drug-likeness (QED) is 0.454. The molecule has 5 nitrogen and oxygen atoms in total. The second kappa shape index (κ2) is 8.49. The molecule has 0 radical (unpaired) electrons. The molecule has 10 heteroatoms. The highest BCUT2D eigenvalue weighted by atomic mass is 19.4. The Morgan fingerprint density at radius 3 is 2.63 bits per heavy atom. The number of anilines is 1. The summed E-state index contributed by atoms with van der Waals surface area (Å²) in [5, 5.41) is 2.92. The molecule has 4 atom stereocenters. The summed E-state index contributed by atoms with van der Waals surface area (Å²) in [4.78, 5) is 8.27. The standard InChI is InChI=1S/C20H26F5N5/c1-9(2)30-16(18-10-3-12(18)15(5-10)28-8-17(21)22)6-14(26)11-4-13(20(23,24)25)19(27)29-7-11/h4,6-7,9-10,12,15,17-18,28H,3,5,8,26H2,1-2H3,(H2,27,29). The molecule has 3 aliphatic rings. The van der Waals surface area contributed by atoms with Crippen molar-refractivity contribution < 1.29 is 22.0 Å². The first-order valence-corrected chi connectivity index (χ1v) is 9.86. The molecule has 0 aliphatic heterocycles. The van der Waals surface area contributed by atoms with E-state index in [2.05, 4.69) is 15.3 Å². The van der Waals surface area contributed by atoms with Crippen molar-refractivity contribution in [2.45, 2.75) is 51.4 Å². The Morgan fingerprint density at radius 2 is 2.03 bits per heavy atom. The van der Waals surface area contributed by atoms with E-state index < -0.39 is 24.0 Å². The van der Waals surface area contributed by atoms with Crippen molar-refractivity contribution in [2.24, 2.45) is 28.5 Å². The molecule has 30 heavy (non-hydrogen) atoms. The van der Waals surface area contributed by atoms with E-state index >= 15 is 0 Å². The van der Waals surface area contributed by atoms with Crippen molar-refractivity contribution in [2.75, 3.05) is 12.3 Å². The van der Waals surface area contributed by atoms with Crippen LogP contribution in [0.5, 0.6) is 0 Å². The van der Waals surface area contributed by atoms with E-state index in [1.54, 1.807) is 6.08 Å². The van der Waals surface area contributed by atoms with Crippen molar-refractivity contribution in [3.63, 3.8) is 0 Å². The van der Waals surface area contributed by atoms with Crippen LogP contribution in [0.2, 0.25) is 0 Å². The second-order valence-corrected chi connectivity index (χ2v) is 8.23. The summed E-state index contributed by atoms with van der Waals surface area (Å²) in [7, 11) is 0. The predicted octanol–water partition coefficient (Wildman–Crippen LogP) is 3.71. The lowest BCUT2D eigenvalue weighted by atomic mass is 9.69. The molecule has 3 aliphatic carbocycles. The summed E-state index contributed by atoms with van der Waals surface area (Å²) in [6.07, 6.45) is -2.58. The van der Waals surface area contributed by atoms with E-state index in [0.29, 0.717) is 11.6 Å². The van der Waals surface area contributed by atoms with E-state index in [0.717, 1.165) is 18.9 Å². The normalized spacial score (nSPS) is 27.1. The highest BCUT2D eigenvalue weighted by Gasteiger charge is 2.54. The molecule has 0 amide bonds. The Morgan fingerprint density at radius 1 is 1.33 bits per heavy atom. The van der Waals surface area contributed by atoms with Gasteiger partial charge in [-0.05, 0) is 50.7 Å². The van der Waals surface area contributed by atoms with Crippen LogP contribution < -0.4 is 16.8 Å². The van der Waals surface area contributed by atoms with E-state index in [1.807, 2.05) is 13.8 Å². The van der Waals surface area contributed by atoms with Gasteiger partial charge in [0, 0.05) is 41.2 Å². The lowest BCUT2D eigenvalue weighted by Crippen LogP contribution is -2.42. The van der Waals surface area contributed by atoms with Crippen LogP contribution in [-0.2, 0) is 6.18 Å². The molecule has 1 aromatic heterocycles. The van der Waals surface area contributed by atoms with Gasteiger partial charge >= 0.3 is 6.18 Å². The maximum atomic E-state index is 13.1. The smallest absolute Gasteiger partial charge is 0.398 e. The molecular formula is C20H26F5N5. The molecule has 4 unspecified atom stereocenters. The predicted molar refractivity (Wildman–Crippen MR) is 106 cm³/mol. The zero-order valence-electron chi connectivity index (χ0n) is 16.8. The molecular weight excluding hydrogens is 405 g/mol. The molecule has 0 aromatic carbocycles. The van der Waals surface area contributed by atoms with Gasteiger partial charge in [0.2, 0.25) is 0 Å². The molecule has 2 bridgehead atoms. The van der Waals surface area contributed by atoms with Crippen LogP contribution in [0.15, 0.2) is 23.3 Å². The van der Waals surface area contributed by atoms with Crippen molar-refractivity contribution in [1.82, 2.24) is 10.3 Å². The lowest BCUT2D eigenvalue weighted by molar-refractivity contribution is -0.137. The average Bonchev–Trinajstić information content (AvgIpc) is 3.17. The maximum Gasteiger partial charge on any atom is 0.419 e. The highest BCUT2D eigenvalue weighted by molar-refractivity contribution is 6.03. The number of fused-ring (bicyclic) bond motifs is 1. The van der Waals surface area contributed by atoms with Crippen molar-refractivity contribution in [3.8, 4) is 0 Å². The number of halogens is 5. The van der Waals surface area contributed by atoms with E-state index in [9.17, 15) is 22.0 Å². The number of aliphatic imine (C=N–C) groups is 1. The fraction of sp³-hybridized carbons (Fsp3) is 0.600. The van der Waals surface area contributed by atoms with Gasteiger partial charge in [-0.2, -0.15) is 13.2 Å². The number of nitrogen functional groups attached to an aromatic ring is 1. The van der Waals surface area contributed by atoms with Crippen molar-refractivity contribution >= 4 is 17.2 Å². The third kappa shape index (κ3) is 4.74. The first-order valence-electron chi connectivity index (χ1n) is 9.86. The van der Waals surface area contributed by atoms with Gasteiger partial charge in [-0.15, -0.1) is 0 Å². The van der Waals surface area contributed by atoms with Gasteiger partial charge < -0.3 is 16.8 Å². The van der Waals surface area contributed by atoms with Crippen LogP contribution in [0.1, 0.15) is 37.8 Å². The molecule has 1 heterocycles. The molecule has 5 N–H and O–H groups in total. The van der Waals surface area contributed by atoms with Crippen molar-refractivity contribution in [1.29, 1.82) is 0 Å². The SMILES string of the molecule is CC(C)N=C(C=C(N)c1cnc(N)c(C(F)(F)F)c1)C1C2CC(NCC(F)F)C1C2. The minimum absolute atomic E-state index is 0.0176. The Hall–Kier alpha value is -2.23. The molecule has 166 valence electrons. The number of hydrogen-bond donors (Lipinski definition) is 3. The van der Waals surface area contributed by atoms with Gasteiger partial charge in [-0.1, -0.05) is 0 Å². The minimum atomic E-state index is -4.64. The molecule has 0 spiro atoms. The lowest BCUT2D eigenvalue weighted by Gasteiger charge is -2.37. The van der Waals surface area contributed by atoms with Crippen molar-refractivity contribution in [3.05, 3.63) is 29.5 Å². The van der Waals surface area contributed by atoms with Crippen LogP contribution in [0.3, 0.4) is 0 Å². The third-order valence-electron chi connectivity index (χ3n) is 5.76. The molecule has 3 fully saturated rings. The van der Waals surface area contributed by atoms with Crippen LogP contribution in [0.4, 0.5) is 27.8 Å². The van der Waals surface area contributed by atoms with Gasteiger partial charge in [0.15, 0.2) is 0 Å². The monoisotopic (exact) mass is 431 g/mol. The first kappa shape index (κ1) is 22.5. The minimum Gasteiger partial charge on any atom is -0.398 e. The number of aromatic nitrogens is 1. The maximum absolute atomic E-state index is 13.1. The Labute approximate surface area is 171 Å². The van der Waals surface area contributed by atoms with Crippen LogP contribution in [-0.4, -0.2) is 35.7 Å². The molecule has 0 saturated heterocycles. The summed E-state index contributed by atoms with van der Waals surface area (Å²) in [6, 6.07) is 0.812. The molecule has 3 saturated carbocycles. The number of nitrogens with one attached hydrogen (secondary N) is 1. The number of alkyl halides is 5. The van der Waals surface area contributed by atoms with Gasteiger partial charge in [-0.25, -0.2) is 13.8 Å². The second-order valence-electron chi connectivity index (χ2n) is 8.23. The number of nitrogens with zero attached hydrogens (tertiary/aromatic N) is 2. The zero-order valence-corrected chi connectivity index (χ0v) is 16.8. The molecule has 1 aromatic rings. The summed E-state index contributed by atoms with van der Waals surface area (Å²) >= 11 is 0. The van der Waals surface area contributed by atoms with Gasteiger partial charge in [0.1, 0.15) is 5.82 Å². The van der Waals surface area contributed by atoms with Crippen LogP contribution >= 0.6 is 0 Å². The van der Waals surface area contributed by atoms with E-state index in [-0.39, 0.29) is 41.7 Å². The number of nitrogens with two attached hydrogens (primary N) is 2. The average molecular weight is 431 g/mol. The van der Waals surface area contributed by atoms with Gasteiger partial charge in [0.05, 0.1) is 12.1 Å². The summed E-state index contributed by atoms with van der Waals surface area (Å²) in [5.41, 5.74) is 11.3. The number of hydrogen-bond acceptors (Lipinski definition) is 5. The number of pyridine rings is 1. The highest BCUT2D eigenvalue weighted by Crippen LogP contribution is 2.54. The summed E-state index contributed by atoms with van der Waals surface area (Å²) < 4.78 is 64.5. The fourth-order valence-corrected chi connectivity index (χ4v) is 4.51. The Kier molecular flexibility index (Phi) is 6.35. The van der Waals surface area contributed by atoms with Crippen LogP contribution in [0.25, 0.3) is 5.70 Å². The first-order chi connectivity index (χ1) is 14.0. The Balaban J connectivity index is 1.85. The Bertz CT molecular complexity index is 833. The largest absolute Gasteiger partial charge is 0.419 e.